The maximum atomic E-state index is 12.9. The van der Waals surface area contributed by atoms with Crippen molar-refractivity contribution < 1.29 is 19.4 Å². The van der Waals surface area contributed by atoms with Crippen molar-refractivity contribution in [3.63, 3.8) is 0 Å². The van der Waals surface area contributed by atoms with Crippen LogP contribution in [0.15, 0.2) is 0 Å². The van der Waals surface area contributed by atoms with Gasteiger partial charge < -0.3 is 24.5 Å². The van der Waals surface area contributed by atoms with Crippen LogP contribution in [0.4, 0.5) is 9.59 Å². The van der Waals surface area contributed by atoms with Crippen LogP contribution >= 0.6 is 0 Å². The molecule has 4 heterocycles. The van der Waals surface area contributed by atoms with Gasteiger partial charge in [-0.25, -0.2) is 9.59 Å². The maximum absolute atomic E-state index is 12.9. The molecule has 4 saturated heterocycles. The molecule has 0 aromatic rings. The Morgan fingerprint density at radius 1 is 0.700 bits per heavy atom. The summed E-state index contributed by atoms with van der Waals surface area (Å²) in [4.78, 5) is 32.7. The van der Waals surface area contributed by atoms with E-state index in [1.54, 1.807) is 4.90 Å². The molecule has 0 aliphatic carbocycles. The third-order valence-electron chi connectivity index (χ3n) is 7.54. The second-order valence-electron chi connectivity index (χ2n) is 9.40. The monoisotopic (exact) mass is 422 g/mol. The fourth-order valence-corrected chi connectivity index (χ4v) is 5.74. The predicted molar refractivity (Wildman–Crippen MR) is 113 cm³/mol. The van der Waals surface area contributed by atoms with E-state index in [1.165, 1.54) is 56.5 Å². The standard InChI is InChI=1S/C22H38N4O4/c27-21(28)26-16-9-19(24-12-5-2-6-13-24)17-20(26)30-22(29)25-14-7-18(8-15-25)23-10-3-1-4-11-23/h18-20H,1-17H2,(H,27,28). The average Bonchev–Trinajstić information content (AvgIpc) is 2.80. The Balaban J connectivity index is 1.30. The van der Waals surface area contributed by atoms with E-state index in [9.17, 15) is 14.7 Å². The van der Waals surface area contributed by atoms with E-state index >= 15 is 0 Å². The third-order valence-corrected chi connectivity index (χ3v) is 7.54. The summed E-state index contributed by atoms with van der Waals surface area (Å²) in [6.07, 6.45) is 8.96. The van der Waals surface area contributed by atoms with Crippen molar-refractivity contribution in [1.29, 1.82) is 0 Å². The zero-order chi connectivity index (χ0) is 20.9. The molecule has 2 unspecified atom stereocenters. The lowest BCUT2D eigenvalue weighted by Gasteiger charge is -2.44. The molecular weight excluding hydrogens is 384 g/mol. The molecule has 2 atom stereocenters. The number of likely N-dealkylation sites (tertiary alicyclic amines) is 4. The Morgan fingerprint density at radius 2 is 1.23 bits per heavy atom. The van der Waals surface area contributed by atoms with E-state index in [1.807, 2.05) is 0 Å². The van der Waals surface area contributed by atoms with E-state index in [2.05, 4.69) is 9.80 Å². The van der Waals surface area contributed by atoms with Crippen molar-refractivity contribution >= 4 is 12.2 Å². The fraction of sp³-hybridized carbons (Fsp3) is 0.909. The molecule has 30 heavy (non-hydrogen) atoms. The highest BCUT2D eigenvalue weighted by Crippen LogP contribution is 2.27. The Morgan fingerprint density at radius 3 is 1.80 bits per heavy atom. The normalized spacial score (nSPS) is 30.3. The molecule has 2 amide bonds. The number of carboxylic acid groups (broad SMARTS) is 1. The van der Waals surface area contributed by atoms with E-state index in [0.29, 0.717) is 38.1 Å². The second kappa shape index (κ2) is 10.2. The molecule has 0 aromatic heterocycles. The van der Waals surface area contributed by atoms with E-state index in [4.69, 9.17) is 4.74 Å². The van der Waals surface area contributed by atoms with Gasteiger partial charge in [0.15, 0.2) is 6.23 Å². The van der Waals surface area contributed by atoms with Gasteiger partial charge in [0.05, 0.1) is 0 Å². The molecule has 1 N–H and O–H groups in total. The Kier molecular flexibility index (Phi) is 7.36. The Bertz CT molecular complexity index is 584. The van der Waals surface area contributed by atoms with Crippen molar-refractivity contribution in [2.45, 2.75) is 82.5 Å². The second-order valence-corrected chi connectivity index (χ2v) is 9.40. The van der Waals surface area contributed by atoms with Crippen LogP contribution in [0.3, 0.4) is 0 Å². The van der Waals surface area contributed by atoms with Gasteiger partial charge in [-0.05, 0) is 71.1 Å². The minimum absolute atomic E-state index is 0.309. The highest BCUT2D eigenvalue weighted by atomic mass is 16.6. The molecule has 0 aromatic carbocycles. The number of nitrogens with zero attached hydrogens (tertiary/aromatic N) is 4. The van der Waals surface area contributed by atoms with Gasteiger partial charge in [0.1, 0.15) is 0 Å². The zero-order valence-electron chi connectivity index (χ0n) is 18.2. The molecule has 0 radical (unpaired) electrons. The molecule has 170 valence electrons. The average molecular weight is 423 g/mol. The summed E-state index contributed by atoms with van der Waals surface area (Å²) in [5, 5.41) is 9.61. The number of amides is 2. The van der Waals surface area contributed by atoms with Gasteiger partial charge in [-0.2, -0.15) is 0 Å². The van der Waals surface area contributed by atoms with Crippen LogP contribution in [-0.4, -0.2) is 101 Å². The first-order valence-electron chi connectivity index (χ1n) is 12.0. The van der Waals surface area contributed by atoms with Gasteiger partial charge >= 0.3 is 12.2 Å². The highest BCUT2D eigenvalue weighted by Gasteiger charge is 2.38. The van der Waals surface area contributed by atoms with Gasteiger partial charge in [0, 0.05) is 38.1 Å². The molecule has 8 nitrogen and oxygen atoms in total. The minimum Gasteiger partial charge on any atom is -0.465 e. The largest absolute Gasteiger partial charge is 0.465 e. The lowest BCUT2D eigenvalue weighted by Crippen LogP contribution is -2.55. The lowest BCUT2D eigenvalue weighted by atomic mass is 9.99. The van der Waals surface area contributed by atoms with Crippen LogP contribution in [-0.2, 0) is 4.74 Å². The first kappa shape index (κ1) is 21.7. The van der Waals surface area contributed by atoms with Crippen molar-refractivity contribution in [2.75, 3.05) is 45.8 Å². The molecule has 4 rings (SSSR count). The number of rotatable bonds is 3. The molecule has 8 heteroatoms. The number of carbonyl (C=O) groups excluding carboxylic acids is 1. The van der Waals surface area contributed by atoms with Crippen LogP contribution in [0.5, 0.6) is 0 Å². The fourth-order valence-electron chi connectivity index (χ4n) is 5.74. The van der Waals surface area contributed by atoms with Gasteiger partial charge in [0.2, 0.25) is 0 Å². The third kappa shape index (κ3) is 5.19. The quantitative estimate of drug-likeness (QED) is 0.753. The first-order valence-corrected chi connectivity index (χ1v) is 12.0. The van der Waals surface area contributed by atoms with Crippen LogP contribution in [0.1, 0.15) is 64.2 Å². The molecule has 0 spiro atoms. The zero-order valence-corrected chi connectivity index (χ0v) is 18.2. The highest BCUT2D eigenvalue weighted by molar-refractivity contribution is 5.69. The molecule has 0 bridgehead atoms. The van der Waals surface area contributed by atoms with Crippen molar-refractivity contribution in [2.24, 2.45) is 0 Å². The van der Waals surface area contributed by atoms with Crippen molar-refractivity contribution in [3.8, 4) is 0 Å². The minimum atomic E-state index is -0.992. The van der Waals surface area contributed by atoms with Crippen molar-refractivity contribution in [1.82, 2.24) is 19.6 Å². The lowest BCUT2D eigenvalue weighted by molar-refractivity contribution is -0.0632. The van der Waals surface area contributed by atoms with Gasteiger partial charge in [-0.3, -0.25) is 4.90 Å². The van der Waals surface area contributed by atoms with Crippen LogP contribution in [0, 0.1) is 0 Å². The van der Waals surface area contributed by atoms with Crippen LogP contribution in [0.25, 0.3) is 0 Å². The van der Waals surface area contributed by atoms with E-state index in [0.717, 1.165) is 32.4 Å². The molecule has 4 fully saturated rings. The predicted octanol–water partition coefficient (Wildman–Crippen LogP) is 3.03. The smallest absolute Gasteiger partial charge is 0.411 e. The number of hydrogen-bond acceptors (Lipinski definition) is 5. The Hall–Kier alpha value is -1.54. The summed E-state index contributed by atoms with van der Waals surface area (Å²) in [7, 11) is 0. The van der Waals surface area contributed by atoms with Gasteiger partial charge in [-0.15, -0.1) is 0 Å². The van der Waals surface area contributed by atoms with Crippen LogP contribution in [0.2, 0.25) is 0 Å². The van der Waals surface area contributed by atoms with Gasteiger partial charge in [0.25, 0.3) is 0 Å². The number of hydrogen-bond donors (Lipinski definition) is 1. The number of carbonyl (C=O) groups is 2. The Labute approximate surface area is 180 Å². The van der Waals surface area contributed by atoms with Gasteiger partial charge in [-0.1, -0.05) is 12.8 Å². The van der Waals surface area contributed by atoms with Crippen molar-refractivity contribution in [3.05, 3.63) is 0 Å². The SMILES string of the molecule is O=C(OC1CC(N2CCCCC2)CCN1C(=O)O)N1CCC(N2CCCCC2)CC1. The van der Waals surface area contributed by atoms with E-state index < -0.39 is 12.3 Å². The molecule has 4 aliphatic heterocycles. The summed E-state index contributed by atoms with van der Waals surface area (Å²) >= 11 is 0. The molecular formula is C22H38N4O4. The summed E-state index contributed by atoms with van der Waals surface area (Å²) in [5.41, 5.74) is 0. The summed E-state index contributed by atoms with van der Waals surface area (Å²) in [6, 6.07) is 0.881. The number of piperidine rings is 4. The van der Waals surface area contributed by atoms with E-state index in [-0.39, 0.29) is 6.09 Å². The molecule has 0 saturated carbocycles. The number of ether oxygens (including phenoxy) is 1. The first-order chi connectivity index (χ1) is 14.6. The summed E-state index contributed by atoms with van der Waals surface area (Å²) in [5.74, 6) is 0. The molecule has 4 aliphatic rings. The summed E-state index contributed by atoms with van der Waals surface area (Å²) in [6.45, 7) is 6.35. The topological polar surface area (TPSA) is 76.6 Å². The summed E-state index contributed by atoms with van der Waals surface area (Å²) < 4.78 is 5.80. The van der Waals surface area contributed by atoms with Crippen LogP contribution < -0.4 is 0 Å². The maximum Gasteiger partial charge on any atom is 0.411 e.